The van der Waals surface area contributed by atoms with Crippen LogP contribution in [0.4, 0.5) is 4.79 Å². The van der Waals surface area contributed by atoms with Gasteiger partial charge in [0.15, 0.2) is 5.78 Å². The van der Waals surface area contributed by atoms with E-state index in [1.54, 1.807) is 27.9 Å². The Morgan fingerprint density at radius 2 is 1.43 bits per heavy atom. The number of nitrogens with one attached hydrogen (secondary N) is 1. The van der Waals surface area contributed by atoms with E-state index in [1.807, 2.05) is 51.2 Å². The third kappa shape index (κ3) is 23.4. The number of hydrogen-bond acceptors (Lipinski definition) is 20. The summed E-state index contributed by atoms with van der Waals surface area (Å²) in [5.41, 5.74) is 7.99. The molecule has 0 spiro atoms. The van der Waals surface area contributed by atoms with Gasteiger partial charge < -0.3 is 78.6 Å². The third-order valence-electron chi connectivity index (χ3n) is 16.4. The average Bonchev–Trinajstić information content (AvgIpc) is 2.35. The number of fused-ring (bicyclic) bond motifs is 3. The maximum atomic E-state index is 14.5. The van der Waals surface area contributed by atoms with Crippen LogP contribution in [0.15, 0.2) is 47.6 Å². The van der Waals surface area contributed by atoms with Gasteiger partial charge in [0.1, 0.15) is 36.2 Å². The standard InChI is InChI=1S/C62H101N3O19/c1-10-77-26-27-79-30-31-81-33-32-80-29-28-78-25-23-64-61(73)83-51-22-20-46(37-54(51)76-9)36-48(63)53-39-50(66)42(4)35-44(6)56(68)57(69)55(67)43(5)34-40(2)16-12-11-13-17-41(3)52(75-8)38-47-21-19-45(7)62(74,84-47)58(70)59(71)65-24-15-14-18-49(65)60(72)82-53/h11-13,16-17,35,40,42-43,45-49,51-54,56-57,68-69,74H,10,14-15,18-34,36-39,63H2,1-9H3,(H,64,73)/b13-11+,16-12+,41-17+,44-35+/t40-,42-,43-,45-,46+,47+,48-,49+,51-,52+,53+,54-,56-,57+,62-/m1/s1. The van der Waals surface area contributed by atoms with E-state index in [2.05, 4.69) is 5.32 Å². The molecule has 6 N–H and O–H groups in total. The summed E-state index contributed by atoms with van der Waals surface area (Å²) in [7, 11) is 3.07. The monoisotopic (exact) mass is 1190 g/mol. The molecule has 4 aliphatic rings. The zero-order valence-electron chi connectivity index (χ0n) is 51.4. The van der Waals surface area contributed by atoms with Gasteiger partial charge in [-0.05, 0) is 108 Å². The summed E-state index contributed by atoms with van der Waals surface area (Å²) in [6, 6.07) is -2.21. The van der Waals surface area contributed by atoms with E-state index in [4.69, 9.17) is 53.1 Å². The second kappa shape index (κ2) is 38.1. The fourth-order valence-corrected chi connectivity index (χ4v) is 11.2. The van der Waals surface area contributed by atoms with Crippen molar-refractivity contribution in [2.75, 3.05) is 93.4 Å². The van der Waals surface area contributed by atoms with Crippen molar-refractivity contribution in [3.05, 3.63) is 47.6 Å². The topological polar surface area (TPSA) is 297 Å². The summed E-state index contributed by atoms with van der Waals surface area (Å²) in [4.78, 5) is 85.0. The number of methoxy groups -OCH3 is 2. The number of piperidine rings is 1. The zero-order chi connectivity index (χ0) is 61.8. The summed E-state index contributed by atoms with van der Waals surface area (Å²) in [6.45, 7) is 16.8. The summed E-state index contributed by atoms with van der Waals surface area (Å²) in [6.07, 6.45) is 7.15. The molecule has 3 fully saturated rings. The molecule has 3 heterocycles. The third-order valence-corrected chi connectivity index (χ3v) is 16.4. The van der Waals surface area contributed by atoms with Gasteiger partial charge in [0, 0.05) is 70.6 Å². The molecule has 0 radical (unpaired) electrons. The van der Waals surface area contributed by atoms with Crippen molar-refractivity contribution in [3.8, 4) is 0 Å². The molecule has 1 saturated carbocycles. The number of Topliss-reactive ketones (excluding diaryl/α,β-unsaturated/α-hetero) is 3. The van der Waals surface area contributed by atoms with Crippen LogP contribution >= 0.6 is 0 Å². The van der Waals surface area contributed by atoms with E-state index in [0.717, 1.165) is 10.5 Å². The molecule has 3 aliphatic heterocycles. The summed E-state index contributed by atoms with van der Waals surface area (Å²) < 4.78 is 57.0. The van der Waals surface area contributed by atoms with Crippen LogP contribution in [0, 0.1) is 29.6 Å². The highest BCUT2D eigenvalue weighted by molar-refractivity contribution is 6.39. The average molecular weight is 1190 g/mol. The first-order valence-corrected chi connectivity index (χ1v) is 30.4. The summed E-state index contributed by atoms with van der Waals surface area (Å²) in [5.74, 6) is -9.14. The Morgan fingerprint density at radius 3 is 2.07 bits per heavy atom. The van der Waals surface area contributed by atoms with Crippen LogP contribution in [-0.4, -0.2) is 210 Å². The van der Waals surface area contributed by atoms with Crippen LogP contribution in [0.5, 0.6) is 0 Å². The number of ether oxygens (including phenoxy) is 10. The Balaban J connectivity index is 1.47. The fourth-order valence-electron chi connectivity index (χ4n) is 11.2. The lowest BCUT2D eigenvalue weighted by Crippen LogP contribution is -2.61. The second-order valence-electron chi connectivity index (χ2n) is 23.0. The lowest BCUT2D eigenvalue weighted by molar-refractivity contribution is -0.265. The van der Waals surface area contributed by atoms with Gasteiger partial charge in [0.05, 0.1) is 77.8 Å². The van der Waals surface area contributed by atoms with Crippen molar-refractivity contribution in [1.29, 1.82) is 0 Å². The number of aliphatic hydroxyl groups excluding tert-OH is 2. The van der Waals surface area contributed by atoms with Gasteiger partial charge in [0.2, 0.25) is 5.79 Å². The molecule has 22 nitrogen and oxygen atoms in total. The number of amides is 2. The van der Waals surface area contributed by atoms with E-state index in [1.165, 1.54) is 20.1 Å². The minimum absolute atomic E-state index is 0.0117. The van der Waals surface area contributed by atoms with Gasteiger partial charge in [-0.15, -0.1) is 0 Å². The number of ketones is 3. The molecule has 0 aromatic heterocycles. The first-order valence-electron chi connectivity index (χ1n) is 30.4. The predicted octanol–water partition coefficient (Wildman–Crippen LogP) is 5.05. The number of carbonyl (C=O) groups excluding carboxylic acids is 6. The predicted molar refractivity (Wildman–Crippen MR) is 311 cm³/mol. The number of rotatable bonds is 22. The maximum Gasteiger partial charge on any atom is 0.407 e. The molecule has 2 saturated heterocycles. The van der Waals surface area contributed by atoms with Gasteiger partial charge in [-0.25, -0.2) is 9.59 Å². The fraction of sp³-hybridized carbons (Fsp3) is 0.774. The minimum Gasteiger partial charge on any atom is -0.459 e. The number of hydrogen-bond donors (Lipinski definition) is 5. The van der Waals surface area contributed by atoms with Crippen LogP contribution in [0.3, 0.4) is 0 Å². The van der Waals surface area contributed by atoms with Crippen LogP contribution in [0.1, 0.15) is 126 Å². The maximum absolute atomic E-state index is 14.5. The number of nitrogens with two attached hydrogens (primary N) is 1. The molecule has 15 atom stereocenters. The Labute approximate surface area is 497 Å². The Kier molecular flexibility index (Phi) is 32.7. The smallest absolute Gasteiger partial charge is 0.407 e. The molecule has 0 aromatic rings. The summed E-state index contributed by atoms with van der Waals surface area (Å²) in [5, 5.41) is 37.1. The molecule has 1 aliphatic carbocycles. The van der Waals surface area contributed by atoms with E-state index in [9.17, 15) is 44.1 Å². The van der Waals surface area contributed by atoms with Crippen molar-refractivity contribution in [2.45, 2.75) is 186 Å². The number of cyclic esters (lactones) is 1. The minimum atomic E-state index is -2.49. The lowest BCUT2D eigenvalue weighted by Gasteiger charge is -2.42. The number of aliphatic hydroxyl groups is 3. The van der Waals surface area contributed by atoms with E-state index >= 15 is 0 Å². The molecule has 22 heteroatoms. The van der Waals surface area contributed by atoms with Crippen molar-refractivity contribution in [3.63, 3.8) is 0 Å². The first kappa shape index (κ1) is 72.2. The Hall–Kier alpha value is -4.30. The number of nitrogens with zero attached hydrogens (tertiary/aromatic N) is 1. The first-order chi connectivity index (χ1) is 40.1. The van der Waals surface area contributed by atoms with E-state index < -0.39 is 114 Å². The van der Waals surface area contributed by atoms with Crippen molar-refractivity contribution < 1.29 is 91.5 Å². The molecule has 0 unspecified atom stereocenters. The van der Waals surface area contributed by atoms with E-state index in [0.29, 0.717) is 111 Å². The summed E-state index contributed by atoms with van der Waals surface area (Å²) >= 11 is 0. The van der Waals surface area contributed by atoms with Gasteiger partial charge in [-0.2, -0.15) is 0 Å². The van der Waals surface area contributed by atoms with Crippen LogP contribution in [-0.2, 0) is 71.3 Å². The number of carbonyl (C=O) groups is 6. The number of alkyl carbamates (subject to hydrolysis) is 1. The van der Waals surface area contributed by atoms with Crippen molar-refractivity contribution >= 4 is 35.3 Å². The molecule has 478 valence electrons. The highest BCUT2D eigenvalue weighted by atomic mass is 16.6. The molecular weight excluding hydrogens is 1090 g/mol. The van der Waals surface area contributed by atoms with Crippen molar-refractivity contribution in [1.82, 2.24) is 10.2 Å². The zero-order valence-corrected chi connectivity index (χ0v) is 51.4. The molecule has 2 amide bonds. The van der Waals surface area contributed by atoms with Crippen molar-refractivity contribution in [2.24, 2.45) is 35.3 Å². The van der Waals surface area contributed by atoms with Gasteiger partial charge in [0.25, 0.3) is 11.7 Å². The van der Waals surface area contributed by atoms with Crippen LogP contribution in [0.2, 0.25) is 0 Å². The van der Waals surface area contributed by atoms with Gasteiger partial charge in [-0.1, -0.05) is 64.2 Å². The largest absolute Gasteiger partial charge is 0.459 e. The highest BCUT2D eigenvalue weighted by Gasteiger charge is 2.53. The van der Waals surface area contributed by atoms with Crippen LogP contribution < -0.4 is 11.1 Å². The molecular formula is C62H101N3O19. The molecule has 2 bridgehead atoms. The Morgan fingerprint density at radius 1 is 0.774 bits per heavy atom. The lowest BCUT2D eigenvalue weighted by atomic mass is 9.80. The van der Waals surface area contributed by atoms with E-state index in [-0.39, 0.29) is 62.8 Å². The molecule has 0 aromatic carbocycles. The van der Waals surface area contributed by atoms with Gasteiger partial charge >= 0.3 is 12.1 Å². The second-order valence-corrected chi connectivity index (χ2v) is 23.0. The SMILES string of the molecule is CCOCCOCCOCCOCCOCCNC(=O)O[C@@H]1CC[C@@H](C[C@@H](N)[C@@H]2CC(=O)[C@H](C)/C=C(\C)[C@@H](O)[C@@H](O)C(=O)[C@H](C)C[C@H](C)/C=C/C=C/C=C(\C)[C@@H](OC)C[C@@H]3CC[C@@H](C)[C@@](O)(O3)C(=O)C(=O)N3CCCC[C@H]3C(=O)O2)C[C@H]1OC. The molecule has 84 heavy (non-hydrogen) atoms. The number of allylic oxidation sites excluding steroid dienone is 6. The molecule has 4 rings (SSSR count). The number of esters is 1. The highest BCUT2D eigenvalue weighted by Crippen LogP contribution is 2.37. The van der Waals surface area contributed by atoms with Crippen LogP contribution in [0.25, 0.3) is 0 Å². The quantitative estimate of drug-likeness (QED) is 0.0410. The Bertz CT molecular complexity index is 2170. The normalized spacial score (nSPS) is 33.8. The van der Waals surface area contributed by atoms with Gasteiger partial charge in [-0.3, -0.25) is 19.2 Å².